The first-order valence-electron chi connectivity index (χ1n) is 11.3. The summed E-state index contributed by atoms with van der Waals surface area (Å²) in [5, 5.41) is 22.3. The molecule has 0 amide bonds. The maximum Gasteiger partial charge on any atom is 0.337 e. The number of aromatic nitrogens is 2. The molecule has 6 heteroatoms. The topological polar surface area (TPSA) is 92.5 Å². The number of hydrogen-bond donors (Lipinski definition) is 2. The lowest BCUT2D eigenvalue weighted by Gasteiger charge is -2.29. The monoisotopic (exact) mass is 458 g/mol. The molecule has 0 unspecified atom stereocenters. The third kappa shape index (κ3) is 4.10. The molecule has 0 bridgehead atoms. The number of pyridine rings is 2. The quantitative estimate of drug-likeness (QED) is 0.347. The van der Waals surface area contributed by atoms with Crippen LogP contribution in [0, 0.1) is 27.7 Å². The van der Waals surface area contributed by atoms with Gasteiger partial charge in [0.2, 0.25) is 5.88 Å². The number of carboxylic acids is 1. The Morgan fingerprint density at radius 1 is 0.912 bits per heavy atom. The van der Waals surface area contributed by atoms with Gasteiger partial charge in [0.05, 0.1) is 22.0 Å². The number of fused-ring (bicyclic) bond motifs is 3. The van der Waals surface area contributed by atoms with Crippen LogP contribution in [0.2, 0.25) is 0 Å². The number of hydrogen-bond acceptors (Lipinski definition) is 5. The van der Waals surface area contributed by atoms with Gasteiger partial charge >= 0.3 is 5.97 Å². The van der Waals surface area contributed by atoms with E-state index in [0.717, 1.165) is 33.3 Å². The van der Waals surface area contributed by atoms with E-state index in [4.69, 9.17) is 9.72 Å². The van der Waals surface area contributed by atoms with Gasteiger partial charge in [-0.1, -0.05) is 29.8 Å². The van der Waals surface area contributed by atoms with Crippen LogP contribution in [0.1, 0.15) is 54.8 Å². The second-order valence-corrected chi connectivity index (χ2v) is 9.86. The number of rotatable bonds is 4. The largest absolute Gasteiger partial charge is 0.493 e. The Hall–Kier alpha value is -3.51. The van der Waals surface area contributed by atoms with E-state index in [1.165, 1.54) is 0 Å². The first-order chi connectivity index (χ1) is 15.9. The SMILES string of the molecule is Cc1ccc(-c2c([C@H](OC(C)(C)C)C(=O)O)c(C)c3nc(O)c4ccc(C)nc4c3c2C)cc1. The third-order valence-electron chi connectivity index (χ3n) is 6.04. The molecular formula is C28H30N2O4. The number of ether oxygens (including phenoxy) is 1. The van der Waals surface area contributed by atoms with Gasteiger partial charge in [-0.2, -0.15) is 0 Å². The second-order valence-electron chi connectivity index (χ2n) is 9.86. The van der Waals surface area contributed by atoms with Crippen molar-refractivity contribution in [1.29, 1.82) is 0 Å². The van der Waals surface area contributed by atoms with Gasteiger partial charge < -0.3 is 14.9 Å². The van der Waals surface area contributed by atoms with Crippen molar-refractivity contribution in [1.82, 2.24) is 9.97 Å². The molecule has 4 rings (SSSR count). The van der Waals surface area contributed by atoms with Gasteiger partial charge in [0.15, 0.2) is 6.10 Å². The van der Waals surface area contributed by atoms with E-state index in [0.29, 0.717) is 27.5 Å². The first-order valence-corrected chi connectivity index (χ1v) is 11.3. The van der Waals surface area contributed by atoms with E-state index in [-0.39, 0.29) is 5.88 Å². The average molecular weight is 459 g/mol. The molecule has 0 aliphatic carbocycles. The van der Waals surface area contributed by atoms with Crippen LogP contribution in [0.3, 0.4) is 0 Å². The van der Waals surface area contributed by atoms with Crippen molar-refractivity contribution in [2.75, 3.05) is 0 Å². The summed E-state index contributed by atoms with van der Waals surface area (Å²) >= 11 is 0. The van der Waals surface area contributed by atoms with Gasteiger partial charge in [0.1, 0.15) is 0 Å². The number of carboxylic acid groups (broad SMARTS) is 1. The summed E-state index contributed by atoms with van der Waals surface area (Å²) in [6.45, 7) is 13.2. The lowest BCUT2D eigenvalue weighted by atomic mass is 9.85. The molecular weight excluding hydrogens is 428 g/mol. The zero-order valence-corrected chi connectivity index (χ0v) is 20.6. The zero-order valence-electron chi connectivity index (χ0n) is 20.6. The van der Waals surface area contributed by atoms with Crippen molar-refractivity contribution in [3.05, 3.63) is 64.3 Å². The highest BCUT2D eigenvalue weighted by atomic mass is 16.5. The van der Waals surface area contributed by atoms with Crippen LogP contribution in [-0.2, 0) is 9.53 Å². The highest BCUT2D eigenvalue weighted by Crippen LogP contribution is 2.44. The zero-order chi connectivity index (χ0) is 24.9. The van der Waals surface area contributed by atoms with Crippen LogP contribution in [0.25, 0.3) is 32.9 Å². The lowest BCUT2D eigenvalue weighted by molar-refractivity contribution is -0.160. The Morgan fingerprint density at radius 3 is 2.15 bits per heavy atom. The van der Waals surface area contributed by atoms with E-state index in [2.05, 4.69) is 4.98 Å². The molecule has 0 aliphatic heterocycles. The van der Waals surface area contributed by atoms with Crippen LogP contribution in [0.5, 0.6) is 5.88 Å². The van der Waals surface area contributed by atoms with Gasteiger partial charge in [-0.15, -0.1) is 0 Å². The number of carbonyl (C=O) groups is 1. The molecule has 2 aromatic carbocycles. The molecule has 2 N–H and O–H groups in total. The van der Waals surface area contributed by atoms with Crippen LogP contribution in [-0.4, -0.2) is 31.8 Å². The van der Waals surface area contributed by atoms with Gasteiger partial charge in [-0.3, -0.25) is 4.98 Å². The fourth-order valence-electron chi connectivity index (χ4n) is 4.54. The molecule has 0 spiro atoms. The van der Waals surface area contributed by atoms with E-state index < -0.39 is 17.7 Å². The van der Waals surface area contributed by atoms with Crippen molar-refractivity contribution in [3.8, 4) is 17.0 Å². The molecule has 2 aromatic heterocycles. The average Bonchev–Trinajstić information content (AvgIpc) is 2.74. The van der Waals surface area contributed by atoms with Crippen LogP contribution < -0.4 is 0 Å². The lowest BCUT2D eigenvalue weighted by Crippen LogP contribution is -2.28. The summed E-state index contributed by atoms with van der Waals surface area (Å²) in [5.41, 5.74) is 6.11. The van der Waals surface area contributed by atoms with Crippen molar-refractivity contribution >= 4 is 27.8 Å². The van der Waals surface area contributed by atoms with Crippen LogP contribution in [0.4, 0.5) is 0 Å². The third-order valence-corrected chi connectivity index (χ3v) is 6.04. The Labute approximate surface area is 199 Å². The molecule has 0 saturated heterocycles. The predicted octanol–water partition coefficient (Wildman–Crippen LogP) is 6.33. The van der Waals surface area contributed by atoms with Crippen molar-refractivity contribution < 1.29 is 19.7 Å². The molecule has 0 saturated carbocycles. The minimum absolute atomic E-state index is 0.129. The predicted molar refractivity (Wildman–Crippen MR) is 134 cm³/mol. The first kappa shape index (κ1) is 23.6. The molecule has 0 aliphatic rings. The summed E-state index contributed by atoms with van der Waals surface area (Å²) in [6.07, 6.45) is -1.22. The summed E-state index contributed by atoms with van der Waals surface area (Å²) in [7, 11) is 0. The van der Waals surface area contributed by atoms with E-state index in [9.17, 15) is 15.0 Å². The molecule has 6 nitrogen and oxygen atoms in total. The van der Waals surface area contributed by atoms with Crippen molar-refractivity contribution in [2.24, 2.45) is 0 Å². The maximum atomic E-state index is 12.5. The van der Waals surface area contributed by atoms with Gasteiger partial charge in [-0.25, -0.2) is 9.78 Å². The summed E-state index contributed by atoms with van der Waals surface area (Å²) in [6, 6.07) is 11.7. The van der Waals surface area contributed by atoms with Crippen molar-refractivity contribution in [2.45, 2.75) is 60.2 Å². The Bertz CT molecular complexity index is 1430. The summed E-state index contributed by atoms with van der Waals surface area (Å²) in [5.74, 6) is -1.21. The standard InChI is InChI=1S/C28H30N2O4/c1-14-8-11-18(12-9-14)20-16(3)22-23(30-26(31)19-13-10-15(2)29-24(19)22)17(4)21(20)25(27(32)33)34-28(5,6)7/h8-13,25H,1-7H3,(H,30,31)(H,32,33)/t25-/m0/s1. The molecule has 1 atom stereocenters. The number of benzene rings is 2. The highest BCUT2D eigenvalue weighted by molar-refractivity contribution is 6.11. The molecule has 2 heterocycles. The minimum Gasteiger partial charge on any atom is -0.493 e. The van der Waals surface area contributed by atoms with Crippen LogP contribution >= 0.6 is 0 Å². The minimum atomic E-state index is -1.22. The molecule has 0 fully saturated rings. The van der Waals surface area contributed by atoms with E-state index >= 15 is 0 Å². The molecule has 4 aromatic rings. The number of nitrogens with zero attached hydrogens (tertiary/aromatic N) is 2. The second kappa shape index (κ2) is 8.37. The molecule has 176 valence electrons. The normalized spacial score (nSPS) is 12.9. The summed E-state index contributed by atoms with van der Waals surface area (Å²) < 4.78 is 6.09. The number of aliphatic carboxylic acids is 1. The maximum absolute atomic E-state index is 12.5. The fraction of sp³-hybridized carbons (Fsp3) is 0.321. The number of aromatic hydroxyl groups is 1. The van der Waals surface area contributed by atoms with Crippen LogP contribution in [0.15, 0.2) is 36.4 Å². The number of aryl methyl sites for hydroxylation is 4. The van der Waals surface area contributed by atoms with Gasteiger partial charge in [0.25, 0.3) is 0 Å². The van der Waals surface area contributed by atoms with Gasteiger partial charge in [-0.05, 0) is 82.9 Å². The van der Waals surface area contributed by atoms with E-state index in [1.54, 1.807) is 0 Å². The highest BCUT2D eigenvalue weighted by Gasteiger charge is 2.33. The Morgan fingerprint density at radius 2 is 1.56 bits per heavy atom. The smallest absolute Gasteiger partial charge is 0.337 e. The fourth-order valence-corrected chi connectivity index (χ4v) is 4.54. The summed E-state index contributed by atoms with van der Waals surface area (Å²) in [4.78, 5) is 21.8. The van der Waals surface area contributed by atoms with Crippen molar-refractivity contribution in [3.63, 3.8) is 0 Å². The van der Waals surface area contributed by atoms with Gasteiger partial charge in [0, 0.05) is 16.6 Å². The molecule has 0 radical (unpaired) electrons. The van der Waals surface area contributed by atoms with E-state index in [1.807, 2.05) is 84.9 Å². The Kier molecular flexibility index (Phi) is 5.82. The Balaban J connectivity index is 2.23. The molecule has 34 heavy (non-hydrogen) atoms.